The Morgan fingerprint density at radius 3 is 3.00 bits per heavy atom. The van der Waals surface area contributed by atoms with E-state index in [1.807, 2.05) is 18.2 Å². The molecule has 1 aromatic carbocycles. The number of rotatable bonds is 5. The lowest BCUT2D eigenvalue weighted by molar-refractivity contribution is 0.0954. The molecule has 120 valence electrons. The summed E-state index contributed by atoms with van der Waals surface area (Å²) >= 11 is 5.05. The van der Waals surface area contributed by atoms with Crippen molar-refractivity contribution in [1.82, 2.24) is 10.3 Å². The van der Waals surface area contributed by atoms with Crippen molar-refractivity contribution in [2.75, 3.05) is 6.54 Å². The van der Waals surface area contributed by atoms with Crippen LogP contribution in [0.3, 0.4) is 0 Å². The summed E-state index contributed by atoms with van der Waals surface area (Å²) in [6.45, 7) is 0.642. The van der Waals surface area contributed by atoms with Crippen molar-refractivity contribution in [3.8, 4) is 10.4 Å². The van der Waals surface area contributed by atoms with Gasteiger partial charge in [-0.05, 0) is 53.6 Å². The van der Waals surface area contributed by atoms with Crippen LogP contribution in [0, 0.1) is 0 Å². The van der Waals surface area contributed by atoms with Crippen LogP contribution in [-0.4, -0.2) is 17.4 Å². The van der Waals surface area contributed by atoms with Gasteiger partial charge in [0.05, 0.1) is 15.7 Å². The van der Waals surface area contributed by atoms with Crippen LogP contribution in [0.25, 0.3) is 20.7 Å². The van der Waals surface area contributed by atoms with Gasteiger partial charge in [-0.2, -0.15) is 11.3 Å². The first kappa shape index (κ1) is 15.5. The molecule has 0 radical (unpaired) electrons. The molecular weight excluding hydrogens is 356 g/mol. The predicted octanol–water partition coefficient (Wildman–Crippen LogP) is 5.06. The molecule has 24 heavy (non-hydrogen) atoms. The topological polar surface area (TPSA) is 42.0 Å². The molecule has 0 aliphatic rings. The summed E-state index contributed by atoms with van der Waals surface area (Å²) in [5.74, 6) is -0.0279. The highest BCUT2D eigenvalue weighted by Crippen LogP contribution is 2.29. The molecule has 6 heteroatoms. The molecule has 3 heterocycles. The maximum atomic E-state index is 12.3. The van der Waals surface area contributed by atoms with Crippen molar-refractivity contribution in [2.24, 2.45) is 0 Å². The highest BCUT2D eigenvalue weighted by molar-refractivity contribution is 7.16. The number of carbonyl (C=O) groups excluding carboxylic acids is 1. The van der Waals surface area contributed by atoms with E-state index < -0.39 is 0 Å². The van der Waals surface area contributed by atoms with Gasteiger partial charge in [-0.15, -0.1) is 22.7 Å². The second kappa shape index (κ2) is 6.84. The van der Waals surface area contributed by atoms with E-state index >= 15 is 0 Å². The number of nitrogens with zero attached hydrogens (tertiary/aromatic N) is 1. The number of fused-ring (bicyclic) bond motifs is 1. The maximum Gasteiger partial charge on any atom is 0.251 e. The zero-order valence-corrected chi connectivity index (χ0v) is 15.1. The van der Waals surface area contributed by atoms with Crippen molar-refractivity contribution in [3.63, 3.8) is 0 Å². The minimum Gasteiger partial charge on any atom is -0.352 e. The minimum atomic E-state index is -0.0279. The molecule has 4 rings (SSSR count). The van der Waals surface area contributed by atoms with Gasteiger partial charge < -0.3 is 5.32 Å². The summed E-state index contributed by atoms with van der Waals surface area (Å²) in [6.07, 6.45) is 0.851. The predicted molar refractivity (Wildman–Crippen MR) is 103 cm³/mol. The van der Waals surface area contributed by atoms with E-state index in [0.29, 0.717) is 12.1 Å². The van der Waals surface area contributed by atoms with Gasteiger partial charge in [0, 0.05) is 27.4 Å². The van der Waals surface area contributed by atoms with E-state index in [1.54, 1.807) is 39.5 Å². The molecule has 0 spiro atoms. The van der Waals surface area contributed by atoms with Crippen molar-refractivity contribution < 1.29 is 4.79 Å². The Kier molecular flexibility index (Phi) is 4.42. The fraction of sp³-hybridized carbons (Fsp3) is 0.111. The van der Waals surface area contributed by atoms with E-state index in [0.717, 1.165) is 16.6 Å². The number of thiazole rings is 1. The lowest BCUT2D eigenvalue weighted by atomic mass is 10.2. The largest absolute Gasteiger partial charge is 0.352 e. The molecule has 0 fully saturated rings. The Bertz CT molecular complexity index is 969. The zero-order valence-electron chi connectivity index (χ0n) is 12.7. The van der Waals surface area contributed by atoms with E-state index in [1.165, 1.54) is 15.3 Å². The van der Waals surface area contributed by atoms with Gasteiger partial charge in [-0.1, -0.05) is 0 Å². The third kappa shape index (κ3) is 3.26. The third-order valence-electron chi connectivity index (χ3n) is 3.72. The quantitative estimate of drug-likeness (QED) is 0.533. The molecule has 1 amide bonds. The number of carbonyl (C=O) groups is 1. The maximum absolute atomic E-state index is 12.3. The van der Waals surface area contributed by atoms with E-state index in [-0.39, 0.29) is 5.91 Å². The molecule has 3 nitrogen and oxygen atoms in total. The Morgan fingerprint density at radius 1 is 1.17 bits per heavy atom. The fourth-order valence-corrected chi connectivity index (χ4v) is 4.92. The van der Waals surface area contributed by atoms with Crippen molar-refractivity contribution >= 4 is 50.1 Å². The highest BCUT2D eigenvalue weighted by atomic mass is 32.1. The van der Waals surface area contributed by atoms with Crippen molar-refractivity contribution in [2.45, 2.75) is 6.42 Å². The standard InChI is InChI=1S/C18H14N2OS3/c21-18(12-1-3-15-17(9-12)23-11-20-15)19-7-5-14-2-4-16(24-14)13-6-8-22-10-13/h1-4,6,8-11H,5,7H2,(H,19,21). The molecule has 0 unspecified atom stereocenters. The number of hydrogen-bond donors (Lipinski definition) is 1. The van der Waals surface area contributed by atoms with Gasteiger partial charge >= 0.3 is 0 Å². The molecule has 0 aliphatic carbocycles. The van der Waals surface area contributed by atoms with Gasteiger partial charge in [0.1, 0.15) is 0 Å². The molecule has 0 bridgehead atoms. The first-order valence-corrected chi connectivity index (χ1v) is 10.2. The molecule has 0 atom stereocenters. The first-order valence-electron chi connectivity index (χ1n) is 7.52. The number of thiophene rings is 2. The molecule has 3 aromatic heterocycles. The van der Waals surface area contributed by atoms with Gasteiger partial charge in [0.15, 0.2) is 0 Å². The summed E-state index contributed by atoms with van der Waals surface area (Å²) in [4.78, 5) is 19.1. The smallest absolute Gasteiger partial charge is 0.251 e. The average Bonchev–Trinajstić information content (AvgIpc) is 3.34. The Morgan fingerprint density at radius 2 is 2.12 bits per heavy atom. The second-order valence-corrected chi connectivity index (χ2v) is 8.15. The van der Waals surface area contributed by atoms with Crippen LogP contribution in [0.2, 0.25) is 0 Å². The average molecular weight is 371 g/mol. The van der Waals surface area contributed by atoms with Gasteiger partial charge in [0.2, 0.25) is 0 Å². The summed E-state index contributed by atoms with van der Waals surface area (Å²) in [6, 6.07) is 12.1. The third-order valence-corrected chi connectivity index (χ3v) is 6.39. The number of benzene rings is 1. The molecule has 4 aromatic rings. The van der Waals surface area contributed by atoms with Crippen LogP contribution >= 0.6 is 34.0 Å². The van der Waals surface area contributed by atoms with Crippen LogP contribution < -0.4 is 5.32 Å². The molecule has 0 saturated heterocycles. The Hall–Kier alpha value is -2.02. The lowest BCUT2D eigenvalue weighted by Gasteiger charge is -2.04. The first-order chi connectivity index (χ1) is 11.8. The van der Waals surface area contributed by atoms with E-state index in [4.69, 9.17) is 0 Å². The highest BCUT2D eigenvalue weighted by Gasteiger charge is 2.08. The van der Waals surface area contributed by atoms with E-state index in [9.17, 15) is 4.79 Å². The Balaban J connectivity index is 1.36. The minimum absolute atomic E-state index is 0.0279. The molecular formula is C18H14N2OS3. The molecule has 1 N–H and O–H groups in total. The van der Waals surface area contributed by atoms with Gasteiger partial charge in [-0.25, -0.2) is 4.98 Å². The summed E-state index contributed by atoms with van der Waals surface area (Å²) in [5, 5.41) is 7.25. The van der Waals surface area contributed by atoms with Gasteiger partial charge in [-0.3, -0.25) is 4.79 Å². The van der Waals surface area contributed by atoms with Gasteiger partial charge in [0.25, 0.3) is 5.91 Å². The molecule has 0 aliphatic heterocycles. The fourth-order valence-electron chi connectivity index (χ4n) is 2.47. The number of aromatic nitrogens is 1. The number of hydrogen-bond acceptors (Lipinski definition) is 5. The number of nitrogens with one attached hydrogen (secondary N) is 1. The van der Waals surface area contributed by atoms with Crippen molar-refractivity contribution in [3.05, 3.63) is 63.1 Å². The van der Waals surface area contributed by atoms with Crippen LogP contribution in [-0.2, 0) is 6.42 Å². The SMILES string of the molecule is O=C(NCCc1ccc(-c2ccsc2)s1)c1ccc2ncsc2c1. The molecule has 0 saturated carbocycles. The second-order valence-electron chi connectivity index (χ2n) is 5.32. The van der Waals surface area contributed by atoms with Crippen LogP contribution in [0.15, 0.2) is 52.7 Å². The van der Waals surface area contributed by atoms with Crippen LogP contribution in [0.5, 0.6) is 0 Å². The summed E-state index contributed by atoms with van der Waals surface area (Å²) < 4.78 is 1.04. The lowest BCUT2D eigenvalue weighted by Crippen LogP contribution is -2.25. The van der Waals surface area contributed by atoms with Crippen LogP contribution in [0.4, 0.5) is 0 Å². The van der Waals surface area contributed by atoms with E-state index in [2.05, 4.69) is 39.3 Å². The summed E-state index contributed by atoms with van der Waals surface area (Å²) in [5.41, 5.74) is 4.71. The summed E-state index contributed by atoms with van der Waals surface area (Å²) in [7, 11) is 0. The zero-order chi connectivity index (χ0) is 16.4. The Labute approximate surface area is 151 Å². The van der Waals surface area contributed by atoms with Crippen molar-refractivity contribution in [1.29, 1.82) is 0 Å². The van der Waals surface area contributed by atoms with Crippen LogP contribution in [0.1, 0.15) is 15.2 Å². The normalized spacial score (nSPS) is 11.0. The number of amides is 1. The monoisotopic (exact) mass is 370 g/mol.